The Morgan fingerprint density at radius 1 is 0.879 bits per heavy atom. The average molecular weight is 456 g/mol. The average Bonchev–Trinajstić information content (AvgIpc) is 3.14. The van der Waals surface area contributed by atoms with Gasteiger partial charge in [-0.2, -0.15) is 0 Å². The van der Waals surface area contributed by atoms with Crippen LogP contribution in [0.15, 0.2) is 90.6 Å². The Balaban J connectivity index is 1.58. The molecule has 162 valence electrons. The molecule has 1 aliphatic heterocycles. The second kappa shape index (κ2) is 8.41. The normalized spacial score (nSPS) is 15.4. The van der Waals surface area contributed by atoms with Gasteiger partial charge in [-0.25, -0.2) is 9.69 Å². The third-order valence-corrected chi connectivity index (χ3v) is 5.72. The van der Waals surface area contributed by atoms with E-state index in [1.165, 1.54) is 12.1 Å². The molecule has 1 aromatic heterocycles. The molecule has 1 fully saturated rings. The van der Waals surface area contributed by atoms with Crippen molar-refractivity contribution in [2.24, 2.45) is 0 Å². The maximum absolute atomic E-state index is 13.2. The maximum Gasteiger partial charge on any atom is 0.335 e. The highest BCUT2D eigenvalue weighted by Crippen LogP contribution is 2.28. The van der Waals surface area contributed by atoms with Crippen LogP contribution in [0.25, 0.3) is 17.0 Å². The van der Waals surface area contributed by atoms with E-state index < -0.39 is 17.8 Å². The fraction of sp³-hybridized carbons (Fsp3) is 0.0385. The molecule has 0 bridgehead atoms. The van der Waals surface area contributed by atoms with Crippen LogP contribution in [0, 0.1) is 0 Å². The number of hydrogen-bond acceptors (Lipinski definition) is 3. The van der Waals surface area contributed by atoms with E-state index >= 15 is 0 Å². The molecule has 0 saturated carbocycles. The largest absolute Gasteiger partial charge is 0.342 e. The lowest BCUT2D eigenvalue weighted by molar-refractivity contribution is -0.122. The maximum atomic E-state index is 13.2. The number of barbiturate groups is 1. The Morgan fingerprint density at radius 2 is 1.64 bits per heavy atom. The fourth-order valence-corrected chi connectivity index (χ4v) is 4.15. The summed E-state index contributed by atoms with van der Waals surface area (Å²) in [5, 5.41) is 3.52. The fourth-order valence-electron chi connectivity index (χ4n) is 3.96. The Labute approximate surface area is 194 Å². The topological polar surface area (TPSA) is 71.4 Å². The zero-order valence-corrected chi connectivity index (χ0v) is 18.1. The Hall–Kier alpha value is -4.16. The number of para-hydroxylation sites is 1. The van der Waals surface area contributed by atoms with Crippen molar-refractivity contribution in [3.63, 3.8) is 0 Å². The molecule has 0 spiro atoms. The molecule has 5 rings (SSSR count). The van der Waals surface area contributed by atoms with E-state index in [2.05, 4.69) is 9.88 Å². The molecule has 1 saturated heterocycles. The van der Waals surface area contributed by atoms with E-state index in [-0.39, 0.29) is 11.3 Å². The highest BCUT2D eigenvalue weighted by atomic mass is 35.5. The number of carbonyl (C=O) groups is 3. The molecule has 0 aliphatic carbocycles. The van der Waals surface area contributed by atoms with Gasteiger partial charge in [-0.05, 0) is 35.9 Å². The first-order chi connectivity index (χ1) is 16.0. The number of amides is 4. The van der Waals surface area contributed by atoms with Crippen molar-refractivity contribution in [3.05, 3.63) is 107 Å². The highest BCUT2D eigenvalue weighted by molar-refractivity contribution is 6.39. The third kappa shape index (κ3) is 3.92. The molecule has 6 nitrogen and oxygen atoms in total. The number of carbonyl (C=O) groups excluding carboxylic acids is 3. The van der Waals surface area contributed by atoms with Gasteiger partial charge in [-0.1, -0.05) is 66.2 Å². The highest BCUT2D eigenvalue weighted by Gasteiger charge is 2.37. The lowest BCUT2D eigenvalue weighted by atomic mass is 10.1. The molecule has 4 amide bonds. The van der Waals surface area contributed by atoms with Crippen LogP contribution in [0.5, 0.6) is 0 Å². The van der Waals surface area contributed by atoms with Crippen LogP contribution in [0.3, 0.4) is 0 Å². The number of rotatable bonds is 4. The minimum absolute atomic E-state index is 0.128. The number of imide groups is 2. The summed E-state index contributed by atoms with van der Waals surface area (Å²) in [4.78, 5) is 39.2. The van der Waals surface area contributed by atoms with Crippen LogP contribution in [0.2, 0.25) is 5.02 Å². The number of nitrogens with zero attached hydrogens (tertiary/aromatic N) is 2. The number of halogens is 1. The van der Waals surface area contributed by atoms with Gasteiger partial charge in [0.15, 0.2) is 0 Å². The molecule has 7 heteroatoms. The summed E-state index contributed by atoms with van der Waals surface area (Å²) in [6.07, 6.45) is 3.44. The smallest absolute Gasteiger partial charge is 0.335 e. The molecule has 3 aromatic carbocycles. The van der Waals surface area contributed by atoms with Gasteiger partial charge in [0.25, 0.3) is 11.8 Å². The quantitative estimate of drug-likeness (QED) is 0.347. The number of anilines is 1. The monoisotopic (exact) mass is 455 g/mol. The number of fused-ring (bicyclic) bond motifs is 1. The molecule has 0 unspecified atom stereocenters. The van der Waals surface area contributed by atoms with Crippen molar-refractivity contribution >= 4 is 52.1 Å². The van der Waals surface area contributed by atoms with Gasteiger partial charge in [0, 0.05) is 34.2 Å². The zero-order chi connectivity index (χ0) is 22.9. The summed E-state index contributed by atoms with van der Waals surface area (Å²) >= 11 is 6.03. The van der Waals surface area contributed by atoms with Gasteiger partial charge in [-0.3, -0.25) is 14.9 Å². The van der Waals surface area contributed by atoms with Gasteiger partial charge in [0.2, 0.25) is 0 Å². The third-order valence-electron chi connectivity index (χ3n) is 5.48. The molecule has 0 atom stereocenters. The van der Waals surface area contributed by atoms with Gasteiger partial charge in [0.05, 0.1) is 5.69 Å². The summed E-state index contributed by atoms with van der Waals surface area (Å²) in [5.74, 6) is -1.44. The van der Waals surface area contributed by atoms with E-state index in [0.29, 0.717) is 17.1 Å². The number of urea groups is 1. The van der Waals surface area contributed by atoms with Crippen molar-refractivity contribution in [1.29, 1.82) is 0 Å². The first kappa shape index (κ1) is 20.7. The molecular weight excluding hydrogens is 438 g/mol. The zero-order valence-electron chi connectivity index (χ0n) is 17.4. The second-order valence-electron chi connectivity index (χ2n) is 7.65. The lowest BCUT2D eigenvalue weighted by Gasteiger charge is -2.26. The minimum Gasteiger partial charge on any atom is -0.342 e. The predicted octanol–water partition coefficient (Wildman–Crippen LogP) is 5.01. The number of nitrogens with one attached hydrogen (secondary N) is 1. The SMILES string of the molecule is O=C1NC(=O)N(c2cccc(Cl)c2)C(=O)/C1=C/c1cn(Cc2ccccc2)c2ccccc12. The lowest BCUT2D eigenvalue weighted by Crippen LogP contribution is -2.54. The number of hydrogen-bond donors (Lipinski definition) is 1. The molecule has 33 heavy (non-hydrogen) atoms. The van der Waals surface area contributed by atoms with Crippen molar-refractivity contribution in [2.45, 2.75) is 6.54 Å². The van der Waals surface area contributed by atoms with Crippen LogP contribution in [0.4, 0.5) is 10.5 Å². The molecule has 4 aromatic rings. The standard InChI is InChI=1S/C26H18ClN3O3/c27-19-9-6-10-20(14-19)30-25(32)22(24(31)28-26(30)33)13-18-16-29(15-17-7-2-1-3-8-17)23-12-5-4-11-21(18)23/h1-14,16H,15H2,(H,28,31,33)/b22-13+. The van der Waals surface area contributed by atoms with Gasteiger partial charge >= 0.3 is 6.03 Å². The Kier molecular flexibility index (Phi) is 5.28. The van der Waals surface area contributed by atoms with Gasteiger partial charge < -0.3 is 4.57 Å². The summed E-state index contributed by atoms with van der Waals surface area (Å²) < 4.78 is 2.07. The van der Waals surface area contributed by atoms with Crippen LogP contribution in [-0.4, -0.2) is 22.4 Å². The minimum atomic E-state index is -0.809. The van der Waals surface area contributed by atoms with E-state index in [4.69, 9.17) is 11.6 Å². The molecule has 0 radical (unpaired) electrons. The molecule has 1 aliphatic rings. The van der Waals surface area contributed by atoms with Crippen molar-refractivity contribution in [2.75, 3.05) is 4.90 Å². The summed E-state index contributed by atoms with van der Waals surface area (Å²) in [6.45, 7) is 0.637. The Bertz CT molecular complexity index is 1440. The van der Waals surface area contributed by atoms with E-state index in [9.17, 15) is 14.4 Å². The molecule has 2 heterocycles. The van der Waals surface area contributed by atoms with Crippen LogP contribution < -0.4 is 10.2 Å². The summed E-state index contributed by atoms with van der Waals surface area (Å²) in [6, 6.07) is 23.3. The number of benzene rings is 3. The van der Waals surface area contributed by atoms with Crippen LogP contribution >= 0.6 is 11.6 Å². The molecule has 1 N–H and O–H groups in total. The van der Waals surface area contributed by atoms with Crippen molar-refractivity contribution < 1.29 is 14.4 Å². The first-order valence-electron chi connectivity index (χ1n) is 10.3. The van der Waals surface area contributed by atoms with Crippen molar-refractivity contribution in [1.82, 2.24) is 9.88 Å². The number of aromatic nitrogens is 1. The molecular formula is C26H18ClN3O3. The Morgan fingerprint density at radius 3 is 2.42 bits per heavy atom. The van der Waals surface area contributed by atoms with Gasteiger partial charge in [0.1, 0.15) is 5.57 Å². The predicted molar refractivity (Wildman–Crippen MR) is 128 cm³/mol. The first-order valence-corrected chi connectivity index (χ1v) is 10.7. The van der Waals surface area contributed by atoms with E-state index in [1.807, 2.05) is 60.8 Å². The summed E-state index contributed by atoms with van der Waals surface area (Å²) in [5.41, 5.74) is 2.97. The second-order valence-corrected chi connectivity index (χ2v) is 8.09. The van der Waals surface area contributed by atoms with Crippen LogP contribution in [-0.2, 0) is 16.1 Å². The van der Waals surface area contributed by atoms with E-state index in [0.717, 1.165) is 21.4 Å². The van der Waals surface area contributed by atoms with E-state index in [1.54, 1.807) is 18.2 Å². The van der Waals surface area contributed by atoms with Crippen LogP contribution in [0.1, 0.15) is 11.1 Å². The van der Waals surface area contributed by atoms with Crippen molar-refractivity contribution in [3.8, 4) is 0 Å². The van der Waals surface area contributed by atoms with Gasteiger partial charge in [-0.15, -0.1) is 0 Å². The summed E-state index contributed by atoms with van der Waals surface area (Å²) in [7, 11) is 0.